The Morgan fingerprint density at radius 2 is 1.97 bits per heavy atom. The first kappa shape index (κ1) is 16.7. The van der Waals surface area contributed by atoms with Crippen LogP contribution in [0.3, 0.4) is 0 Å². The first-order valence-corrected chi connectivity index (χ1v) is 10.3. The summed E-state index contributed by atoms with van der Waals surface area (Å²) >= 11 is 0. The molecular weight excluding hydrogens is 360 g/mol. The molecule has 3 heterocycles. The summed E-state index contributed by atoms with van der Waals surface area (Å²) in [5.74, 6) is 0.785. The lowest BCUT2D eigenvalue weighted by Crippen LogP contribution is -2.11. The summed E-state index contributed by atoms with van der Waals surface area (Å²) in [5, 5.41) is 19.8. The third-order valence-electron chi connectivity index (χ3n) is 6.43. The van der Waals surface area contributed by atoms with Gasteiger partial charge in [-0.3, -0.25) is 4.68 Å². The summed E-state index contributed by atoms with van der Waals surface area (Å²) in [5.41, 5.74) is 7.45. The summed E-state index contributed by atoms with van der Waals surface area (Å²) in [7, 11) is 2.01. The van der Waals surface area contributed by atoms with Gasteiger partial charge in [0.15, 0.2) is 5.88 Å². The number of nitrogens with zero attached hydrogens (tertiary/aromatic N) is 3. The molecule has 29 heavy (non-hydrogen) atoms. The standard InChI is InChI=1S/C24H24N4O/c1-13(2)12-28-19-7-5-4-6-14(19)21-17-10-25-24(29)22(17)20-15(23(21)28)8-9-18-16(20)11-26-27(18)3/h4-7,10-11,13,25,29H,8-9,12H2,1-3H3. The molecule has 0 spiro atoms. The monoisotopic (exact) mass is 384 g/mol. The number of fused-ring (bicyclic) bond motifs is 10. The van der Waals surface area contributed by atoms with Crippen LogP contribution in [0.15, 0.2) is 36.7 Å². The summed E-state index contributed by atoms with van der Waals surface area (Å²) in [6.45, 7) is 5.51. The number of aromatic nitrogens is 4. The summed E-state index contributed by atoms with van der Waals surface area (Å²) in [6, 6.07) is 8.66. The first-order chi connectivity index (χ1) is 14.1. The fourth-order valence-electron chi connectivity index (χ4n) is 5.33. The number of nitrogens with one attached hydrogen (secondary N) is 1. The predicted molar refractivity (Wildman–Crippen MR) is 117 cm³/mol. The van der Waals surface area contributed by atoms with Gasteiger partial charge in [-0.05, 0) is 30.4 Å². The largest absolute Gasteiger partial charge is 0.494 e. The van der Waals surface area contributed by atoms with Crippen LogP contribution < -0.4 is 0 Å². The van der Waals surface area contributed by atoms with Crippen molar-refractivity contribution >= 4 is 32.6 Å². The van der Waals surface area contributed by atoms with E-state index in [2.05, 4.69) is 52.8 Å². The van der Waals surface area contributed by atoms with Crippen LogP contribution in [0.25, 0.3) is 43.7 Å². The molecule has 0 bridgehead atoms. The second-order valence-corrected chi connectivity index (χ2v) is 8.65. The van der Waals surface area contributed by atoms with Crippen molar-refractivity contribution < 1.29 is 5.11 Å². The average molecular weight is 384 g/mol. The van der Waals surface area contributed by atoms with Crippen LogP contribution >= 0.6 is 0 Å². The fraction of sp³-hybridized carbons (Fsp3) is 0.292. The van der Waals surface area contributed by atoms with E-state index in [1.807, 2.05) is 24.1 Å². The number of aromatic amines is 1. The number of rotatable bonds is 2. The predicted octanol–water partition coefficient (Wildman–Crippen LogP) is 5.14. The minimum absolute atomic E-state index is 0.246. The molecule has 0 radical (unpaired) electrons. The van der Waals surface area contributed by atoms with E-state index >= 15 is 0 Å². The van der Waals surface area contributed by atoms with Gasteiger partial charge in [0.25, 0.3) is 0 Å². The minimum Gasteiger partial charge on any atom is -0.494 e. The third kappa shape index (κ3) is 2.07. The smallest absolute Gasteiger partial charge is 0.197 e. The van der Waals surface area contributed by atoms with Gasteiger partial charge in [0, 0.05) is 58.3 Å². The highest BCUT2D eigenvalue weighted by atomic mass is 16.3. The minimum atomic E-state index is 0.246. The molecule has 0 fully saturated rings. The first-order valence-electron chi connectivity index (χ1n) is 10.3. The van der Waals surface area contributed by atoms with E-state index in [-0.39, 0.29) is 5.88 Å². The van der Waals surface area contributed by atoms with Crippen molar-refractivity contribution in [1.29, 1.82) is 0 Å². The van der Waals surface area contributed by atoms with Gasteiger partial charge < -0.3 is 14.7 Å². The Kier molecular flexibility index (Phi) is 3.26. The molecule has 5 heteroatoms. The van der Waals surface area contributed by atoms with E-state index in [1.54, 1.807) is 0 Å². The maximum atomic E-state index is 10.8. The second-order valence-electron chi connectivity index (χ2n) is 8.65. The molecule has 0 unspecified atom stereocenters. The third-order valence-corrected chi connectivity index (χ3v) is 6.43. The highest BCUT2D eigenvalue weighted by Crippen LogP contribution is 2.49. The Morgan fingerprint density at radius 1 is 1.14 bits per heavy atom. The fourth-order valence-corrected chi connectivity index (χ4v) is 5.33. The highest BCUT2D eigenvalue weighted by molar-refractivity contribution is 6.26. The molecule has 3 aromatic heterocycles. The molecule has 5 nitrogen and oxygen atoms in total. The quantitative estimate of drug-likeness (QED) is 0.443. The van der Waals surface area contributed by atoms with Crippen molar-refractivity contribution in [3.63, 3.8) is 0 Å². The Labute approximate surface area is 168 Å². The zero-order valence-electron chi connectivity index (χ0n) is 17.0. The second kappa shape index (κ2) is 5.66. The lowest BCUT2D eigenvalue weighted by atomic mass is 9.85. The van der Waals surface area contributed by atoms with Gasteiger partial charge in [0.05, 0.1) is 17.1 Å². The van der Waals surface area contributed by atoms with E-state index in [9.17, 15) is 5.11 Å². The highest BCUT2D eigenvalue weighted by Gasteiger charge is 2.29. The van der Waals surface area contributed by atoms with E-state index < -0.39 is 0 Å². The molecule has 0 amide bonds. The molecule has 0 saturated heterocycles. The molecule has 146 valence electrons. The molecule has 1 aliphatic carbocycles. The van der Waals surface area contributed by atoms with Gasteiger partial charge in [0.2, 0.25) is 0 Å². The molecule has 1 aliphatic rings. The Balaban J connectivity index is 1.90. The van der Waals surface area contributed by atoms with Crippen LogP contribution in [0.4, 0.5) is 0 Å². The van der Waals surface area contributed by atoms with Crippen molar-refractivity contribution in [1.82, 2.24) is 19.3 Å². The zero-order chi connectivity index (χ0) is 19.9. The average Bonchev–Trinajstić information content (AvgIpc) is 3.37. The van der Waals surface area contributed by atoms with Gasteiger partial charge in [-0.2, -0.15) is 5.10 Å². The van der Waals surface area contributed by atoms with Crippen molar-refractivity contribution in [2.24, 2.45) is 13.0 Å². The molecular formula is C24H24N4O. The van der Waals surface area contributed by atoms with Crippen LogP contribution in [-0.2, 0) is 26.4 Å². The van der Waals surface area contributed by atoms with Gasteiger partial charge in [-0.1, -0.05) is 32.0 Å². The number of para-hydroxylation sites is 1. The van der Waals surface area contributed by atoms with Crippen molar-refractivity contribution in [3.05, 3.63) is 47.9 Å². The van der Waals surface area contributed by atoms with Crippen molar-refractivity contribution in [2.75, 3.05) is 0 Å². The van der Waals surface area contributed by atoms with Crippen molar-refractivity contribution in [2.45, 2.75) is 33.2 Å². The molecule has 0 aliphatic heterocycles. The van der Waals surface area contributed by atoms with Gasteiger partial charge in [0.1, 0.15) is 0 Å². The number of benzene rings is 2. The summed E-state index contributed by atoms with van der Waals surface area (Å²) < 4.78 is 4.47. The Bertz CT molecular complexity index is 1430. The van der Waals surface area contributed by atoms with Gasteiger partial charge in [-0.15, -0.1) is 0 Å². The molecule has 0 saturated carbocycles. The topological polar surface area (TPSA) is 58.8 Å². The SMILES string of the molecule is CC(C)Cn1c2ccccc2c2c3c[nH]c(O)c3c3c(c21)CCc1c-3cnn1C. The van der Waals surface area contributed by atoms with E-state index in [0.29, 0.717) is 5.92 Å². The molecule has 2 N–H and O–H groups in total. The van der Waals surface area contributed by atoms with Gasteiger partial charge >= 0.3 is 0 Å². The summed E-state index contributed by atoms with van der Waals surface area (Å²) in [6.07, 6.45) is 5.84. The van der Waals surface area contributed by atoms with Gasteiger partial charge in [-0.25, -0.2) is 0 Å². The molecule has 2 aromatic carbocycles. The van der Waals surface area contributed by atoms with E-state index in [4.69, 9.17) is 0 Å². The molecule has 5 aromatic rings. The van der Waals surface area contributed by atoms with Crippen LogP contribution in [0, 0.1) is 5.92 Å². The number of hydrogen-bond donors (Lipinski definition) is 2. The van der Waals surface area contributed by atoms with Crippen LogP contribution in [0.1, 0.15) is 25.1 Å². The van der Waals surface area contributed by atoms with Crippen LogP contribution in [0.2, 0.25) is 0 Å². The maximum Gasteiger partial charge on any atom is 0.197 e. The lowest BCUT2D eigenvalue weighted by Gasteiger charge is -2.22. The summed E-state index contributed by atoms with van der Waals surface area (Å²) in [4.78, 5) is 3.09. The number of aromatic hydroxyl groups is 1. The van der Waals surface area contributed by atoms with Crippen molar-refractivity contribution in [3.8, 4) is 17.0 Å². The molecule has 6 rings (SSSR count). The van der Waals surface area contributed by atoms with Crippen LogP contribution in [-0.4, -0.2) is 24.4 Å². The Morgan fingerprint density at radius 3 is 2.79 bits per heavy atom. The zero-order valence-corrected chi connectivity index (χ0v) is 17.0. The lowest BCUT2D eigenvalue weighted by molar-refractivity contribution is 0.463. The molecule has 0 atom stereocenters. The number of hydrogen-bond acceptors (Lipinski definition) is 2. The van der Waals surface area contributed by atoms with Crippen LogP contribution in [0.5, 0.6) is 5.88 Å². The number of H-pyrrole nitrogens is 1. The normalized spacial score (nSPS) is 13.7. The maximum absolute atomic E-state index is 10.8. The Hall–Kier alpha value is -3.21. The van der Waals surface area contributed by atoms with E-state index in [1.165, 1.54) is 33.1 Å². The van der Waals surface area contributed by atoms with E-state index in [0.717, 1.165) is 41.3 Å². The number of aryl methyl sites for hydroxylation is 2.